The van der Waals surface area contributed by atoms with Gasteiger partial charge in [-0.15, -0.1) is 0 Å². The van der Waals surface area contributed by atoms with Crippen molar-refractivity contribution in [3.8, 4) is 11.6 Å². The fraction of sp³-hybridized carbons (Fsp3) is 0.238. The summed E-state index contributed by atoms with van der Waals surface area (Å²) in [5.74, 6) is 1.13. The lowest BCUT2D eigenvalue weighted by Gasteiger charge is -2.29. The number of nitrogens with zero attached hydrogens (tertiary/aromatic N) is 5. The minimum Gasteiger partial charge on any atom is -0.437 e. The Kier molecular flexibility index (Phi) is 6.08. The summed E-state index contributed by atoms with van der Waals surface area (Å²) in [6.45, 7) is 6.16. The number of anilines is 4. The number of aryl methyl sites for hydroxylation is 1. The summed E-state index contributed by atoms with van der Waals surface area (Å²) in [5, 5.41) is 9.98. The molecule has 2 N–H and O–H groups in total. The van der Waals surface area contributed by atoms with Crippen molar-refractivity contribution in [2.75, 3.05) is 41.8 Å². The predicted molar refractivity (Wildman–Crippen MR) is 117 cm³/mol. The van der Waals surface area contributed by atoms with Crippen LogP contribution in [0.2, 0.25) is 0 Å². The monoisotopic (exact) mass is 421 g/mol. The zero-order chi connectivity index (χ0) is 21.6. The molecule has 10 nitrogen and oxygen atoms in total. The van der Waals surface area contributed by atoms with Crippen molar-refractivity contribution in [2.24, 2.45) is 7.05 Å². The van der Waals surface area contributed by atoms with E-state index in [2.05, 4.69) is 37.2 Å². The Morgan fingerprint density at radius 3 is 2.65 bits per heavy atom. The van der Waals surface area contributed by atoms with E-state index in [4.69, 9.17) is 9.47 Å². The van der Waals surface area contributed by atoms with Gasteiger partial charge in [-0.1, -0.05) is 6.58 Å². The summed E-state index contributed by atoms with van der Waals surface area (Å²) >= 11 is 0. The molecule has 1 fully saturated rings. The summed E-state index contributed by atoms with van der Waals surface area (Å²) in [7, 11) is 1.84. The first-order valence-electron chi connectivity index (χ1n) is 9.77. The second-order valence-electron chi connectivity index (χ2n) is 6.83. The van der Waals surface area contributed by atoms with Gasteiger partial charge in [-0.05, 0) is 30.3 Å². The molecular formula is C21H23N7O3. The van der Waals surface area contributed by atoms with Crippen LogP contribution in [0, 0.1) is 0 Å². The molecular weight excluding hydrogens is 398 g/mol. The summed E-state index contributed by atoms with van der Waals surface area (Å²) in [6, 6.07) is 7.03. The van der Waals surface area contributed by atoms with Gasteiger partial charge >= 0.3 is 0 Å². The Bertz CT molecular complexity index is 1060. The van der Waals surface area contributed by atoms with E-state index in [9.17, 15) is 4.79 Å². The van der Waals surface area contributed by atoms with Crippen LogP contribution < -0.4 is 20.3 Å². The molecule has 0 atom stereocenters. The van der Waals surface area contributed by atoms with Gasteiger partial charge in [-0.2, -0.15) is 10.1 Å². The molecule has 3 heterocycles. The number of benzene rings is 1. The van der Waals surface area contributed by atoms with Gasteiger partial charge in [-0.25, -0.2) is 4.98 Å². The Hall–Kier alpha value is -3.92. The molecule has 4 rings (SSSR count). The lowest BCUT2D eigenvalue weighted by molar-refractivity contribution is -0.111. The van der Waals surface area contributed by atoms with Gasteiger partial charge in [0.05, 0.1) is 31.3 Å². The number of rotatable bonds is 7. The van der Waals surface area contributed by atoms with E-state index in [1.54, 1.807) is 41.3 Å². The van der Waals surface area contributed by atoms with E-state index >= 15 is 0 Å². The molecule has 31 heavy (non-hydrogen) atoms. The first-order valence-corrected chi connectivity index (χ1v) is 9.77. The van der Waals surface area contributed by atoms with Crippen molar-refractivity contribution in [3.05, 3.63) is 55.5 Å². The van der Waals surface area contributed by atoms with E-state index in [1.807, 2.05) is 13.2 Å². The number of carbonyl (C=O) groups is 1. The second-order valence-corrected chi connectivity index (χ2v) is 6.83. The average molecular weight is 421 g/mol. The fourth-order valence-corrected chi connectivity index (χ4v) is 3.04. The third-order valence-corrected chi connectivity index (χ3v) is 4.57. The maximum atomic E-state index is 11.5. The van der Waals surface area contributed by atoms with E-state index in [-0.39, 0.29) is 5.91 Å². The Labute approximate surface area is 179 Å². The van der Waals surface area contributed by atoms with Gasteiger partial charge in [0.25, 0.3) is 0 Å². The third-order valence-electron chi connectivity index (χ3n) is 4.57. The molecule has 1 aliphatic heterocycles. The number of ether oxygens (including phenoxy) is 2. The van der Waals surface area contributed by atoms with Crippen molar-refractivity contribution >= 4 is 28.9 Å². The zero-order valence-corrected chi connectivity index (χ0v) is 17.1. The van der Waals surface area contributed by atoms with Crippen LogP contribution >= 0.6 is 0 Å². The minimum atomic E-state index is -0.273. The molecule has 0 aliphatic carbocycles. The largest absolute Gasteiger partial charge is 0.437 e. The number of hydrogen-bond donors (Lipinski definition) is 2. The van der Waals surface area contributed by atoms with Crippen LogP contribution in [0.15, 0.2) is 55.5 Å². The fourth-order valence-electron chi connectivity index (χ4n) is 3.04. The SMILES string of the molecule is C=CC(=O)Nc1ccc(Oc2nc(Nc3cnn(C)c3)ncc2N2CCOCC2)cc1. The highest BCUT2D eigenvalue weighted by Crippen LogP contribution is 2.32. The molecule has 2 aromatic heterocycles. The number of amides is 1. The van der Waals surface area contributed by atoms with Crippen molar-refractivity contribution < 1.29 is 14.3 Å². The van der Waals surface area contributed by atoms with Gasteiger partial charge in [0.1, 0.15) is 11.4 Å². The van der Waals surface area contributed by atoms with Crippen molar-refractivity contribution in [3.63, 3.8) is 0 Å². The molecule has 10 heteroatoms. The molecule has 1 aromatic carbocycles. The van der Waals surface area contributed by atoms with Gasteiger partial charge in [-0.3, -0.25) is 9.48 Å². The number of morpholine rings is 1. The van der Waals surface area contributed by atoms with E-state index in [1.165, 1.54) is 6.08 Å². The molecule has 1 saturated heterocycles. The van der Waals surface area contributed by atoms with Crippen molar-refractivity contribution in [1.29, 1.82) is 0 Å². The van der Waals surface area contributed by atoms with Gasteiger partial charge in [0, 0.05) is 32.0 Å². The highest BCUT2D eigenvalue weighted by molar-refractivity contribution is 5.98. The quantitative estimate of drug-likeness (QED) is 0.561. The highest BCUT2D eigenvalue weighted by atomic mass is 16.5. The molecule has 3 aromatic rings. The summed E-state index contributed by atoms with van der Waals surface area (Å²) in [4.78, 5) is 22.6. The van der Waals surface area contributed by atoms with E-state index in [0.29, 0.717) is 36.5 Å². The van der Waals surface area contributed by atoms with E-state index < -0.39 is 0 Å². The first kappa shape index (κ1) is 20.4. The molecule has 0 unspecified atom stereocenters. The van der Waals surface area contributed by atoms with Crippen LogP contribution in [-0.2, 0) is 16.6 Å². The van der Waals surface area contributed by atoms with Gasteiger partial charge in [0.2, 0.25) is 17.7 Å². The summed E-state index contributed by atoms with van der Waals surface area (Å²) < 4.78 is 13.2. The average Bonchev–Trinajstić information content (AvgIpc) is 3.20. The minimum absolute atomic E-state index is 0.273. The highest BCUT2D eigenvalue weighted by Gasteiger charge is 2.19. The van der Waals surface area contributed by atoms with Crippen molar-refractivity contribution in [2.45, 2.75) is 0 Å². The number of nitrogens with one attached hydrogen (secondary N) is 2. The summed E-state index contributed by atoms with van der Waals surface area (Å²) in [5.41, 5.74) is 2.20. The van der Waals surface area contributed by atoms with Crippen LogP contribution in [0.4, 0.5) is 23.0 Å². The number of aromatic nitrogens is 4. The predicted octanol–water partition coefficient (Wildman–Crippen LogP) is 2.71. The first-order chi connectivity index (χ1) is 15.1. The van der Waals surface area contributed by atoms with Gasteiger partial charge in [0.15, 0.2) is 0 Å². The van der Waals surface area contributed by atoms with E-state index in [0.717, 1.165) is 24.5 Å². The maximum Gasteiger partial charge on any atom is 0.248 e. The lowest BCUT2D eigenvalue weighted by atomic mass is 10.3. The normalized spacial score (nSPS) is 13.5. The van der Waals surface area contributed by atoms with Gasteiger partial charge < -0.3 is 25.0 Å². The molecule has 0 radical (unpaired) electrons. The molecule has 1 amide bonds. The third kappa shape index (κ3) is 5.17. The van der Waals surface area contributed by atoms with Crippen LogP contribution in [0.25, 0.3) is 0 Å². The zero-order valence-electron chi connectivity index (χ0n) is 17.1. The van der Waals surface area contributed by atoms with Crippen molar-refractivity contribution in [1.82, 2.24) is 19.7 Å². The maximum absolute atomic E-state index is 11.5. The summed E-state index contributed by atoms with van der Waals surface area (Å²) in [6.07, 6.45) is 6.48. The Morgan fingerprint density at radius 1 is 1.19 bits per heavy atom. The smallest absolute Gasteiger partial charge is 0.248 e. The van der Waals surface area contributed by atoms with Crippen LogP contribution in [0.1, 0.15) is 0 Å². The molecule has 160 valence electrons. The number of carbonyl (C=O) groups excluding carboxylic acids is 1. The molecule has 0 bridgehead atoms. The number of hydrogen-bond acceptors (Lipinski definition) is 8. The topological polar surface area (TPSA) is 106 Å². The van der Waals surface area contributed by atoms with Crippen LogP contribution in [0.5, 0.6) is 11.6 Å². The molecule has 0 saturated carbocycles. The Morgan fingerprint density at radius 2 is 1.97 bits per heavy atom. The molecule has 0 spiro atoms. The second kappa shape index (κ2) is 9.26. The lowest BCUT2D eigenvalue weighted by Crippen LogP contribution is -2.36. The van der Waals surface area contributed by atoms with Crippen LogP contribution in [0.3, 0.4) is 0 Å². The Balaban J connectivity index is 1.58. The standard InChI is InChI=1S/C21H23N7O3/c1-3-19(29)24-15-4-6-17(7-5-15)31-20-18(28-8-10-30-11-9-28)13-22-21(26-20)25-16-12-23-27(2)14-16/h3-7,12-14H,1,8-11H2,2H3,(H,24,29)(H,22,25,26). The van der Waals surface area contributed by atoms with Crippen LogP contribution in [-0.4, -0.2) is 52.0 Å². The molecule has 1 aliphatic rings.